The minimum Gasteiger partial charge on any atom is -0.268 e. The fourth-order valence-electron chi connectivity index (χ4n) is 0.920. The largest absolute Gasteiger partial charge is 0.408 e. The molecule has 9 heteroatoms. The lowest BCUT2D eigenvalue weighted by Gasteiger charge is -2.01. The third kappa shape index (κ3) is 3.99. The first kappa shape index (κ1) is 12.7. The number of aromatic nitrogens is 1. The van der Waals surface area contributed by atoms with E-state index in [1.807, 2.05) is 0 Å². The smallest absolute Gasteiger partial charge is 0.268 e. The predicted octanol–water partition coefficient (Wildman–Crippen LogP) is 0.295. The summed E-state index contributed by atoms with van der Waals surface area (Å²) in [6.45, 7) is 0.429. The van der Waals surface area contributed by atoms with Crippen LogP contribution in [0.3, 0.4) is 0 Å². The van der Waals surface area contributed by atoms with Gasteiger partial charge in [0.05, 0.1) is 19.0 Å². The van der Waals surface area contributed by atoms with Gasteiger partial charge in [-0.15, -0.1) is 11.3 Å². The van der Waals surface area contributed by atoms with Crippen molar-refractivity contribution in [3.8, 4) is 0 Å². The molecular weight excluding hydrogens is 254 g/mol. The highest BCUT2D eigenvalue weighted by atomic mass is 35.5. The monoisotopic (exact) mass is 264 g/mol. The SMILES string of the molecule is C[N+](C)=C(NCc1cnc(Cl)s1)N[N+](=O)[O-]. The topological polar surface area (TPSA) is 83.1 Å². The molecule has 16 heavy (non-hydrogen) atoms. The highest BCUT2D eigenvalue weighted by Gasteiger charge is 2.15. The van der Waals surface area contributed by atoms with Gasteiger partial charge in [0, 0.05) is 11.6 Å². The van der Waals surface area contributed by atoms with E-state index in [4.69, 9.17) is 11.6 Å². The Balaban J connectivity index is 2.58. The van der Waals surface area contributed by atoms with E-state index in [9.17, 15) is 10.1 Å². The van der Waals surface area contributed by atoms with E-state index in [1.54, 1.807) is 24.9 Å². The normalized spacial score (nSPS) is 9.69. The van der Waals surface area contributed by atoms with Crippen LogP contribution in [0.1, 0.15) is 4.88 Å². The van der Waals surface area contributed by atoms with Gasteiger partial charge in [0.25, 0.3) is 0 Å². The van der Waals surface area contributed by atoms with E-state index in [0.717, 1.165) is 4.88 Å². The first-order chi connectivity index (χ1) is 7.49. The van der Waals surface area contributed by atoms with Crippen molar-refractivity contribution in [3.63, 3.8) is 0 Å². The Kier molecular flexibility index (Phi) is 4.44. The van der Waals surface area contributed by atoms with Crippen LogP contribution >= 0.6 is 22.9 Å². The maximum absolute atomic E-state index is 10.3. The summed E-state index contributed by atoms with van der Waals surface area (Å²) in [5.74, 6) is 0.300. The van der Waals surface area contributed by atoms with Crippen molar-refractivity contribution >= 4 is 28.9 Å². The highest BCUT2D eigenvalue weighted by molar-refractivity contribution is 7.15. The van der Waals surface area contributed by atoms with Gasteiger partial charge in [-0.1, -0.05) is 11.6 Å². The van der Waals surface area contributed by atoms with Crippen LogP contribution in [0, 0.1) is 10.1 Å². The zero-order valence-corrected chi connectivity index (χ0v) is 10.3. The van der Waals surface area contributed by atoms with Crippen LogP contribution in [0.15, 0.2) is 6.20 Å². The molecule has 1 aromatic rings. The lowest BCUT2D eigenvalue weighted by molar-refractivity contribution is -0.548. The van der Waals surface area contributed by atoms with Crippen molar-refractivity contribution in [2.75, 3.05) is 14.1 Å². The van der Waals surface area contributed by atoms with Crippen molar-refractivity contribution in [1.29, 1.82) is 0 Å². The van der Waals surface area contributed by atoms with E-state index in [0.29, 0.717) is 17.0 Å². The van der Waals surface area contributed by atoms with E-state index in [1.165, 1.54) is 11.3 Å². The number of hydrogen-bond donors (Lipinski definition) is 2. The molecule has 0 aliphatic carbocycles. The first-order valence-electron chi connectivity index (χ1n) is 4.28. The van der Waals surface area contributed by atoms with Crippen molar-refractivity contribution in [3.05, 3.63) is 25.7 Å². The molecule has 1 rings (SSSR count). The predicted molar refractivity (Wildman–Crippen MR) is 61.2 cm³/mol. The van der Waals surface area contributed by atoms with Gasteiger partial charge < -0.3 is 0 Å². The van der Waals surface area contributed by atoms with Gasteiger partial charge in [-0.2, -0.15) is 0 Å². The Hall–Kier alpha value is -1.41. The molecule has 0 amide bonds. The van der Waals surface area contributed by atoms with Gasteiger partial charge in [-0.05, 0) is 0 Å². The van der Waals surface area contributed by atoms with Crippen molar-refractivity contribution in [2.45, 2.75) is 6.54 Å². The molecule has 0 fully saturated rings. The Morgan fingerprint density at radius 1 is 1.69 bits per heavy atom. The number of nitro groups is 1. The molecule has 1 aromatic heterocycles. The number of hydrazine groups is 1. The molecule has 0 radical (unpaired) electrons. The molecule has 88 valence electrons. The summed E-state index contributed by atoms with van der Waals surface area (Å²) in [6, 6.07) is 0. The molecule has 0 atom stereocenters. The molecule has 1 heterocycles. The van der Waals surface area contributed by atoms with E-state index in [2.05, 4.69) is 15.7 Å². The van der Waals surface area contributed by atoms with E-state index >= 15 is 0 Å². The number of nitrogens with zero attached hydrogens (tertiary/aromatic N) is 3. The summed E-state index contributed by atoms with van der Waals surface area (Å²) in [7, 11) is 3.39. The van der Waals surface area contributed by atoms with Crippen molar-refractivity contribution in [1.82, 2.24) is 15.7 Å². The molecule has 0 unspecified atom stereocenters. The van der Waals surface area contributed by atoms with Crippen LogP contribution < -0.4 is 10.7 Å². The summed E-state index contributed by atoms with van der Waals surface area (Å²) in [5, 5.41) is 12.6. The molecule has 0 aliphatic heterocycles. The molecular formula is C7H11ClN5O2S+. The van der Waals surface area contributed by atoms with E-state index < -0.39 is 5.03 Å². The maximum Gasteiger partial charge on any atom is 0.408 e. The number of nitrogens with one attached hydrogen (secondary N) is 2. The zero-order chi connectivity index (χ0) is 12.1. The minimum absolute atomic E-state index is 0.300. The second-order valence-electron chi connectivity index (χ2n) is 3.05. The maximum atomic E-state index is 10.3. The first-order valence-corrected chi connectivity index (χ1v) is 5.48. The van der Waals surface area contributed by atoms with E-state index in [-0.39, 0.29) is 0 Å². The minimum atomic E-state index is -0.623. The van der Waals surface area contributed by atoms with Gasteiger partial charge in [0.1, 0.15) is 6.54 Å². The summed E-state index contributed by atoms with van der Waals surface area (Å²) < 4.78 is 2.02. The lowest BCUT2D eigenvalue weighted by Crippen LogP contribution is -2.45. The van der Waals surface area contributed by atoms with Crippen LogP contribution in [0.4, 0.5) is 0 Å². The number of hydrogen-bond acceptors (Lipinski definition) is 4. The third-order valence-corrected chi connectivity index (χ3v) is 2.71. The second kappa shape index (κ2) is 5.61. The standard InChI is InChI=1S/C7H10ClN5O2S/c1-12(2)7(11-13(14)15)10-4-5-3-9-6(8)16-5/h3H,4H2,1-2H3,(H,10,11)/p+1. The van der Waals surface area contributed by atoms with Gasteiger partial charge in [0.2, 0.25) is 5.03 Å². The van der Waals surface area contributed by atoms with Gasteiger partial charge in [-0.25, -0.2) is 15.1 Å². The Morgan fingerprint density at radius 3 is 2.81 bits per heavy atom. The fourth-order valence-corrected chi connectivity index (χ4v) is 1.84. The quantitative estimate of drug-likeness (QED) is 0.270. The van der Waals surface area contributed by atoms with Crippen LogP contribution in [0.25, 0.3) is 0 Å². The summed E-state index contributed by atoms with van der Waals surface area (Å²) in [6.07, 6.45) is 1.62. The lowest BCUT2D eigenvalue weighted by atomic mass is 10.5. The van der Waals surface area contributed by atoms with Gasteiger partial charge >= 0.3 is 5.96 Å². The molecule has 0 bridgehead atoms. The summed E-state index contributed by atoms with van der Waals surface area (Å²) >= 11 is 6.98. The average molecular weight is 265 g/mol. The van der Waals surface area contributed by atoms with Crippen LogP contribution in [0.2, 0.25) is 4.47 Å². The fraction of sp³-hybridized carbons (Fsp3) is 0.429. The number of guanidine groups is 1. The molecule has 0 aromatic carbocycles. The second-order valence-corrected chi connectivity index (χ2v) is 4.74. The summed E-state index contributed by atoms with van der Waals surface area (Å²) in [4.78, 5) is 15.1. The van der Waals surface area contributed by atoms with Crippen molar-refractivity contribution in [2.24, 2.45) is 0 Å². The molecule has 0 saturated heterocycles. The third-order valence-electron chi connectivity index (χ3n) is 1.60. The van der Waals surface area contributed by atoms with Gasteiger partial charge in [-0.3, -0.25) is 9.89 Å². The van der Waals surface area contributed by atoms with Crippen LogP contribution in [-0.2, 0) is 6.54 Å². The zero-order valence-electron chi connectivity index (χ0n) is 8.73. The van der Waals surface area contributed by atoms with Crippen LogP contribution in [-0.4, -0.2) is 34.6 Å². The molecule has 0 saturated carbocycles. The Bertz CT molecular complexity index is 415. The molecule has 0 aliphatic rings. The summed E-state index contributed by atoms with van der Waals surface area (Å²) in [5.41, 5.74) is 2.06. The molecule has 7 nitrogen and oxygen atoms in total. The number of thiazole rings is 1. The highest BCUT2D eigenvalue weighted by Crippen LogP contribution is 2.16. The Morgan fingerprint density at radius 2 is 2.38 bits per heavy atom. The Labute approximate surface area is 101 Å². The van der Waals surface area contributed by atoms with Crippen molar-refractivity contribution < 1.29 is 9.61 Å². The van der Waals surface area contributed by atoms with Gasteiger partial charge in [0.15, 0.2) is 4.47 Å². The molecule has 2 N–H and O–H groups in total. The molecule has 0 spiro atoms. The van der Waals surface area contributed by atoms with Crippen LogP contribution in [0.5, 0.6) is 0 Å². The number of halogens is 1. The number of rotatable bonds is 3. The average Bonchev–Trinajstić information content (AvgIpc) is 2.58.